The number of nitrogens with zero attached hydrogens (tertiary/aromatic N) is 1. The summed E-state index contributed by atoms with van der Waals surface area (Å²) in [5.74, 6) is 0.835. The number of aryl methyl sites for hydroxylation is 2. The molecule has 0 amide bonds. The lowest BCUT2D eigenvalue weighted by molar-refractivity contribution is 0.306. The van der Waals surface area contributed by atoms with Crippen molar-refractivity contribution in [1.82, 2.24) is 4.90 Å². The summed E-state index contributed by atoms with van der Waals surface area (Å²) in [6.45, 7) is 10.0. The van der Waals surface area contributed by atoms with Gasteiger partial charge in [0.05, 0.1) is 0 Å². The van der Waals surface area contributed by atoms with Crippen LogP contribution < -0.4 is 5.73 Å². The maximum Gasteiger partial charge on any atom is 0.0424 e. The average Bonchev–Trinajstić information content (AvgIpc) is 2.68. The third kappa shape index (κ3) is 3.08. The van der Waals surface area contributed by atoms with Crippen molar-refractivity contribution in [2.75, 3.05) is 19.6 Å². The summed E-state index contributed by atoms with van der Waals surface area (Å²) in [5, 5.41) is 0. The van der Waals surface area contributed by atoms with Gasteiger partial charge in [0.1, 0.15) is 0 Å². The van der Waals surface area contributed by atoms with E-state index in [0.717, 1.165) is 12.5 Å². The van der Waals surface area contributed by atoms with Gasteiger partial charge in [0.2, 0.25) is 0 Å². The van der Waals surface area contributed by atoms with Gasteiger partial charge < -0.3 is 10.6 Å². The summed E-state index contributed by atoms with van der Waals surface area (Å²) in [5.41, 5.74) is 10.3. The highest BCUT2D eigenvalue weighted by Crippen LogP contribution is 2.20. The van der Waals surface area contributed by atoms with Crippen molar-refractivity contribution >= 4 is 0 Å². The van der Waals surface area contributed by atoms with Crippen LogP contribution in [0, 0.1) is 19.8 Å². The van der Waals surface area contributed by atoms with Crippen LogP contribution >= 0.6 is 0 Å². The fourth-order valence-corrected chi connectivity index (χ4v) is 2.57. The van der Waals surface area contributed by atoms with Crippen molar-refractivity contribution in [3.8, 4) is 0 Å². The molecule has 2 N–H and O–H groups in total. The zero-order valence-corrected chi connectivity index (χ0v) is 11.2. The first-order valence-electron chi connectivity index (χ1n) is 6.61. The molecule has 0 spiro atoms. The van der Waals surface area contributed by atoms with E-state index in [1.54, 1.807) is 0 Å². The van der Waals surface area contributed by atoms with E-state index in [1.807, 2.05) is 0 Å². The van der Waals surface area contributed by atoms with Crippen LogP contribution in [-0.4, -0.2) is 24.5 Å². The second kappa shape index (κ2) is 5.19. The summed E-state index contributed by atoms with van der Waals surface area (Å²) < 4.78 is 0. The van der Waals surface area contributed by atoms with Gasteiger partial charge in [0.25, 0.3) is 0 Å². The first kappa shape index (κ1) is 12.6. The molecule has 94 valence electrons. The van der Waals surface area contributed by atoms with Gasteiger partial charge in [-0.25, -0.2) is 0 Å². The fourth-order valence-electron chi connectivity index (χ4n) is 2.57. The molecule has 2 heteroatoms. The zero-order chi connectivity index (χ0) is 12.4. The van der Waals surface area contributed by atoms with E-state index < -0.39 is 0 Å². The minimum atomic E-state index is 0.152. The van der Waals surface area contributed by atoms with E-state index in [-0.39, 0.29) is 6.04 Å². The van der Waals surface area contributed by atoms with Gasteiger partial charge in [-0.05, 0) is 49.4 Å². The number of likely N-dealkylation sites (tertiary alicyclic amines) is 1. The molecular formula is C15H24N2. The number of hydrogen-bond donors (Lipinski definition) is 1. The lowest BCUT2D eigenvalue weighted by Gasteiger charge is -2.21. The zero-order valence-electron chi connectivity index (χ0n) is 11.2. The lowest BCUT2D eigenvalue weighted by atomic mass is 10.0. The Balaban J connectivity index is 1.99. The summed E-state index contributed by atoms with van der Waals surface area (Å²) in [7, 11) is 0. The molecule has 0 saturated carbocycles. The van der Waals surface area contributed by atoms with Gasteiger partial charge in [0, 0.05) is 19.1 Å². The molecule has 1 saturated heterocycles. The van der Waals surface area contributed by atoms with Gasteiger partial charge in [-0.3, -0.25) is 0 Å². The highest BCUT2D eigenvalue weighted by Gasteiger charge is 2.20. The van der Waals surface area contributed by atoms with Gasteiger partial charge in [-0.2, -0.15) is 0 Å². The average molecular weight is 232 g/mol. The molecule has 2 unspecified atom stereocenters. The van der Waals surface area contributed by atoms with Crippen molar-refractivity contribution in [2.24, 2.45) is 11.7 Å². The normalized spacial score (nSPS) is 22.9. The molecule has 2 nitrogen and oxygen atoms in total. The number of rotatable bonds is 3. The molecule has 17 heavy (non-hydrogen) atoms. The van der Waals surface area contributed by atoms with Crippen LogP contribution in [0.15, 0.2) is 18.2 Å². The summed E-state index contributed by atoms with van der Waals surface area (Å²) >= 11 is 0. The van der Waals surface area contributed by atoms with E-state index >= 15 is 0 Å². The Bertz CT molecular complexity index is 387. The first-order valence-corrected chi connectivity index (χ1v) is 6.61. The third-order valence-corrected chi connectivity index (χ3v) is 3.92. The van der Waals surface area contributed by atoms with Gasteiger partial charge in [-0.15, -0.1) is 0 Å². The molecule has 0 radical (unpaired) electrons. The van der Waals surface area contributed by atoms with Gasteiger partial charge in [-0.1, -0.05) is 25.1 Å². The van der Waals surface area contributed by atoms with Crippen LogP contribution in [0.2, 0.25) is 0 Å². The Morgan fingerprint density at radius 1 is 1.35 bits per heavy atom. The highest BCUT2D eigenvalue weighted by molar-refractivity contribution is 5.31. The minimum absolute atomic E-state index is 0.152. The standard InChI is InChI=1S/C15H24N2/c1-11-6-7-17(9-11)10-15(16)14-5-4-12(2)13(3)8-14/h4-5,8,11,15H,6-7,9-10,16H2,1-3H3. The molecule has 2 atom stereocenters. The number of hydrogen-bond acceptors (Lipinski definition) is 2. The summed E-state index contributed by atoms with van der Waals surface area (Å²) in [6.07, 6.45) is 1.32. The van der Waals surface area contributed by atoms with Crippen LogP contribution in [0.4, 0.5) is 0 Å². The van der Waals surface area contributed by atoms with Crippen LogP contribution in [0.5, 0.6) is 0 Å². The van der Waals surface area contributed by atoms with Crippen molar-refractivity contribution in [3.63, 3.8) is 0 Å². The maximum atomic E-state index is 6.30. The SMILES string of the molecule is Cc1ccc(C(N)CN2CCC(C)C2)cc1C. The molecule has 0 bridgehead atoms. The lowest BCUT2D eigenvalue weighted by Crippen LogP contribution is -2.30. The Kier molecular flexibility index (Phi) is 3.85. The molecule has 2 rings (SSSR count). The molecule has 1 aliphatic heterocycles. The Morgan fingerprint density at radius 2 is 2.12 bits per heavy atom. The summed E-state index contributed by atoms with van der Waals surface area (Å²) in [4.78, 5) is 2.49. The predicted molar refractivity (Wildman–Crippen MR) is 73.1 cm³/mol. The van der Waals surface area contributed by atoms with Gasteiger partial charge >= 0.3 is 0 Å². The monoisotopic (exact) mass is 232 g/mol. The second-order valence-corrected chi connectivity index (χ2v) is 5.60. The Morgan fingerprint density at radius 3 is 2.71 bits per heavy atom. The summed E-state index contributed by atoms with van der Waals surface area (Å²) in [6, 6.07) is 6.74. The predicted octanol–water partition coefficient (Wildman–Crippen LogP) is 2.65. The van der Waals surface area contributed by atoms with Crippen LogP contribution in [0.3, 0.4) is 0 Å². The van der Waals surface area contributed by atoms with Crippen LogP contribution in [0.1, 0.15) is 36.1 Å². The Labute approximate surface area is 105 Å². The van der Waals surface area contributed by atoms with Crippen LogP contribution in [0.25, 0.3) is 0 Å². The van der Waals surface area contributed by atoms with Crippen molar-refractivity contribution in [1.29, 1.82) is 0 Å². The van der Waals surface area contributed by atoms with Gasteiger partial charge in [0.15, 0.2) is 0 Å². The van der Waals surface area contributed by atoms with Crippen LogP contribution in [-0.2, 0) is 0 Å². The third-order valence-electron chi connectivity index (χ3n) is 3.92. The molecule has 0 aliphatic carbocycles. The van der Waals surface area contributed by atoms with E-state index in [0.29, 0.717) is 0 Å². The first-order chi connectivity index (χ1) is 8.06. The molecule has 1 heterocycles. The van der Waals surface area contributed by atoms with Crippen molar-refractivity contribution in [2.45, 2.75) is 33.2 Å². The Hall–Kier alpha value is -0.860. The van der Waals surface area contributed by atoms with E-state index in [9.17, 15) is 0 Å². The van der Waals surface area contributed by atoms with E-state index in [4.69, 9.17) is 5.73 Å². The highest BCUT2D eigenvalue weighted by atomic mass is 15.2. The topological polar surface area (TPSA) is 29.3 Å². The quantitative estimate of drug-likeness (QED) is 0.868. The number of benzene rings is 1. The van der Waals surface area contributed by atoms with E-state index in [2.05, 4.69) is 43.9 Å². The molecule has 1 fully saturated rings. The smallest absolute Gasteiger partial charge is 0.0424 e. The van der Waals surface area contributed by atoms with E-state index in [1.165, 1.54) is 36.2 Å². The fraction of sp³-hybridized carbons (Fsp3) is 0.600. The largest absolute Gasteiger partial charge is 0.323 e. The molecule has 1 aromatic carbocycles. The number of nitrogens with two attached hydrogens (primary N) is 1. The molecule has 1 aliphatic rings. The maximum absolute atomic E-state index is 6.30. The van der Waals surface area contributed by atoms with Crippen molar-refractivity contribution in [3.05, 3.63) is 34.9 Å². The van der Waals surface area contributed by atoms with Crippen molar-refractivity contribution < 1.29 is 0 Å². The minimum Gasteiger partial charge on any atom is -0.323 e. The molecular weight excluding hydrogens is 208 g/mol. The molecule has 1 aromatic rings. The molecule has 0 aromatic heterocycles. The second-order valence-electron chi connectivity index (χ2n) is 5.60.